The summed E-state index contributed by atoms with van der Waals surface area (Å²) >= 11 is 0. The molecule has 23 heavy (non-hydrogen) atoms. The molecule has 1 aromatic carbocycles. The van der Waals surface area contributed by atoms with Crippen LogP contribution in [0.15, 0.2) is 24.3 Å². The minimum absolute atomic E-state index is 0.0337. The Morgan fingerprint density at radius 1 is 1.22 bits per heavy atom. The number of carbonyl (C=O) groups is 1. The molecule has 1 aromatic rings. The SMILES string of the molecule is COCCN(CC(C)C)C(=O)/C=C/c1ccc(OC)cc1OC. The number of ether oxygens (including phenoxy) is 3. The van der Waals surface area contributed by atoms with Crippen LogP contribution in [0, 0.1) is 5.92 Å². The van der Waals surface area contributed by atoms with Crippen molar-refractivity contribution in [1.29, 1.82) is 0 Å². The fourth-order valence-corrected chi connectivity index (χ4v) is 2.16. The number of rotatable bonds is 9. The third kappa shape index (κ3) is 6.32. The molecule has 0 aromatic heterocycles. The molecule has 0 spiro atoms. The fourth-order valence-electron chi connectivity index (χ4n) is 2.16. The second kappa shape index (κ2) is 9.90. The molecule has 5 heteroatoms. The number of hydrogen-bond acceptors (Lipinski definition) is 4. The maximum absolute atomic E-state index is 12.4. The topological polar surface area (TPSA) is 48.0 Å². The predicted octanol–water partition coefficient (Wildman–Crippen LogP) is 2.85. The van der Waals surface area contributed by atoms with Crippen molar-refractivity contribution in [3.63, 3.8) is 0 Å². The van der Waals surface area contributed by atoms with Gasteiger partial charge in [-0.25, -0.2) is 0 Å². The van der Waals surface area contributed by atoms with E-state index in [9.17, 15) is 4.79 Å². The molecule has 0 aliphatic rings. The average Bonchev–Trinajstić information content (AvgIpc) is 2.55. The van der Waals surface area contributed by atoms with Crippen LogP contribution in [-0.4, -0.2) is 51.8 Å². The number of carbonyl (C=O) groups excluding carboxylic acids is 1. The van der Waals surface area contributed by atoms with Crippen LogP contribution in [0.4, 0.5) is 0 Å². The molecule has 0 heterocycles. The lowest BCUT2D eigenvalue weighted by Crippen LogP contribution is -2.35. The van der Waals surface area contributed by atoms with Crippen molar-refractivity contribution in [2.75, 3.05) is 41.0 Å². The van der Waals surface area contributed by atoms with Crippen molar-refractivity contribution < 1.29 is 19.0 Å². The van der Waals surface area contributed by atoms with Gasteiger partial charge in [-0.3, -0.25) is 4.79 Å². The van der Waals surface area contributed by atoms with Gasteiger partial charge in [-0.2, -0.15) is 0 Å². The van der Waals surface area contributed by atoms with Gasteiger partial charge in [0.05, 0.1) is 20.8 Å². The van der Waals surface area contributed by atoms with E-state index in [0.717, 1.165) is 5.56 Å². The lowest BCUT2D eigenvalue weighted by Gasteiger charge is -2.22. The smallest absolute Gasteiger partial charge is 0.246 e. The summed E-state index contributed by atoms with van der Waals surface area (Å²) in [6, 6.07) is 5.49. The number of hydrogen-bond donors (Lipinski definition) is 0. The molecule has 0 atom stereocenters. The van der Waals surface area contributed by atoms with Crippen LogP contribution < -0.4 is 9.47 Å². The van der Waals surface area contributed by atoms with Gasteiger partial charge >= 0.3 is 0 Å². The molecule has 0 unspecified atom stereocenters. The maximum Gasteiger partial charge on any atom is 0.246 e. The molecule has 5 nitrogen and oxygen atoms in total. The largest absolute Gasteiger partial charge is 0.497 e. The van der Waals surface area contributed by atoms with Crippen molar-refractivity contribution in [2.24, 2.45) is 5.92 Å². The molecule has 0 saturated heterocycles. The van der Waals surface area contributed by atoms with Crippen LogP contribution in [0.5, 0.6) is 11.5 Å². The van der Waals surface area contributed by atoms with E-state index in [2.05, 4.69) is 13.8 Å². The summed E-state index contributed by atoms with van der Waals surface area (Å²) in [5, 5.41) is 0. The Balaban J connectivity index is 2.86. The Morgan fingerprint density at radius 2 is 1.96 bits per heavy atom. The summed E-state index contributed by atoms with van der Waals surface area (Å²) < 4.78 is 15.6. The van der Waals surface area contributed by atoms with Gasteiger partial charge in [-0.1, -0.05) is 13.8 Å². The molecule has 128 valence electrons. The monoisotopic (exact) mass is 321 g/mol. The second-order valence-electron chi connectivity index (χ2n) is 5.61. The molecule has 0 bridgehead atoms. The van der Waals surface area contributed by atoms with Crippen molar-refractivity contribution >= 4 is 12.0 Å². The Labute approximate surface area is 138 Å². The van der Waals surface area contributed by atoms with Crippen molar-refractivity contribution in [2.45, 2.75) is 13.8 Å². The van der Waals surface area contributed by atoms with Gasteiger partial charge in [-0.05, 0) is 24.1 Å². The summed E-state index contributed by atoms with van der Waals surface area (Å²) in [5.74, 6) is 1.75. The van der Waals surface area contributed by atoms with Crippen molar-refractivity contribution in [1.82, 2.24) is 4.90 Å². The number of nitrogens with zero attached hydrogens (tertiary/aromatic N) is 1. The van der Waals surface area contributed by atoms with Gasteiger partial charge in [0.25, 0.3) is 0 Å². The van der Waals surface area contributed by atoms with Gasteiger partial charge in [0.15, 0.2) is 0 Å². The maximum atomic E-state index is 12.4. The quantitative estimate of drug-likeness (QED) is 0.656. The van der Waals surface area contributed by atoms with Crippen LogP contribution in [0.2, 0.25) is 0 Å². The molecular formula is C18H27NO4. The molecular weight excluding hydrogens is 294 g/mol. The lowest BCUT2D eigenvalue weighted by molar-refractivity contribution is -0.127. The first-order chi connectivity index (χ1) is 11.0. The highest BCUT2D eigenvalue weighted by atomic mass is 16.5. The standard InChI is InChI=1S/C18H27NO4/c1-14(2)13-19(10-11-21-3)18(20)9-7-15-6-8-16(22-4)12-17(15)23-5/h6-9,12,14H,10-11,13H2,1-5H3/b9-7+. The van der Waals surface area contributed by atoms with Crippen molar-refractivity contribution in [3.05, 3.63) is 29.8 Å². The highest BCUT2D eigenvalue weighted by Crippen LogP contribution is 2.25. The van der Waals surface area contributed by atoms with E-state index in [1.54, 1.807) is 44.4 Å². The van der Waals surface area contributed by atoms with Gasteiger partial charge < -0.3 is 19.1 Å². The van der Waals surface area contributed by atoms with Gasteiger partial charge in [0.2, 0.25) is 5.91 Å². The minimum atomic E-state index is -0.0337. The zero-order chi connectivity index (χ0) is 17.2. The van der Waals surface area contributed by atoms with Gasteiger partial charge in [0, 0.05) is 37.9 Å². The summed E-state index contributed by atoms with van der Waals surface area (Å²) in [6.07, 6.45) is 3.34. The zero-order valence-corrected chi connectivity index (χ0v) is 14.7. The molecule has 1 rings (SSSR count). The van der Waals surface area contributed by atoms with E-state index in [1.807, 2.05) is 12.1 Å². The number of amides is 1. The van der Waals surface area contributed by atoms with E-state index < -0.39 is 0 Å². The Morgan fingerprint density at radius 3 is 2.52 bits per heavy atom. The van der Waals surface area contributed by atoms with Crippen LogP contribution in [-0.2, 0) is 9.53 Å². The fraction of sp³-hybridized carbons (Fsp3) is 0.500. The molecule has 0 radical (unpaired) electrons. The van der Waals surface area contributed by atoms with E-state index in [-0.39, 0.29) is 5.91 Å². The zero-order valence-electron chi connectivity index (χ0n) is 14.7. The molecule has 0 saturated carbocycles. The highest BCUT2D eigenvalue weighted by molar-refractivity contribution is 5.92. The molecule has 0 aliphatic heterocycles. The van der Waals surface area contributed by atoms with Crippen LogP contribution in [0.3, 0.4) is 0 Å². The molecule has 0 N–H and O–H groups in total. The van der Waals surface area contributed by atoms with E-state index in [1.165, 1.54) is 0 Å². The first-order valence-corrected chi connectivity index (χ1v) is 7.69. The summed E-state index contributed by atoms with van der Waals surface area (Å²) in [7, 11) is 4.83. The summed E-state index contributed by atoms with van der Waals surface area (Å²) in [4.78, 5) is 14.2. The van der Waals surface area contributed by atoms with E-state index in [0.29, 0.717) is 37.1 Å². The second-order valence-corrected chi connectivity index (χ2v) is 5.61. The van der Waals surface area contributed by atoms with Crippen molar-refractivity contribution in [3.8, 4) is 11.5 Å². The van der Waals surface area contributed by atoms with E-state index in [4.69, 9.17) is 14.2 Å². The van der Waals surface area contributed by atoms with Crippen LogP contribution in [0.25, 0.3) is 6.08 Å². The third-order valence-electron chi connectivity index (χ3n) is 3.31. The Bertz CT molecular complexity index is 526. The first-order valence-electron chi connectivity index (χ1n) is 7.69. The van der Waals surface area contributed by atoms with E-state index >= 15 is 0 Å². The van der Waals surface area contributed by atoms with Gasteiger partial charge in [0.1, 0.15) is 11.5 Å². The normalized spacial score (nSPS) is 11.0. The average molecular weight is 321 g/mol. The molecule has 1 amide bonds. The Hall–Kier alpha value is -2.01. The molecule has 0 aliphatic carbocycles. The highest BCUT2D eigenvalue weighted by Gasteiger charge is 2.12. The number of benzene rings is 1. The summed E-state index contributed by atoms with van der Waals surface area (Å²) in [5.41, 5.74) is 0.831. The van der Waals surface area contributed by atoms with Crippen LogP contribution in [0.1, 0.15) is 19.4 Å². The minimum Gasteiger partial charge on any atom is -0.497 e. The van der Waals surface area contributed by atoms with Gasteiger partial charge in [-0.15, -0.1) is 0 Å². The number of methoxy groups -OCH3 is 3. The summed E-state index contributed by atoms with van der Waals surface area (Å²) in [6.45, 7) is 5.98. The third-order valence-corrected chi connectivity index (χ3v) is 3.31. The Kier molecular flexibility index (Phi) is 8.19. The lowest BCUT2D eigenvalue weighted by atomic mass is 10.1. The molecule has 0 fully saturated rings. The van der Waals surface area contributed by atoms with Crippen LogP contribution >= 0.6 is 0 Å². The first kappa shape index (κ1) is 19.0. The predicted molar refractivity (Wildman–Crippen MR) is 91.9 cm³/mol.